The molecule has 2 N–H and O–H groups in total. The zero-order chi connectivity index (χ0) is 22.1. The molecule has 0 amide bonds. The molecule has 0 spiro atoms. The number of benzene rings is 2. The predicted octanol–water partition coefficient (Wildman–Crippen LogP) is 3.29. The van der Waals surface area contributed by atoms with E-state index >= 15 is 0 Å². The van der Waals surface area contributed by atoms with Gasteiger partial charge >= 0.3 is 5.76 Å². The highest BCUT2D eigenvalue weighted by Gasteiger charge is 2.15. The second-order valence-corrected chi connectivity index (χ2v) is 7.43. The number of nitrogens with one attached hydrogen (secondary N) is 2. The zero-order valence-electron chi connectivity index (χ0n) is 17.3. The third-order valence-corrected chi connectivity index (χ3v) is 5.19. The predicted molar refractivity (Wildman–Crippen MR) is 119 cm³/mol. The molecular formula is C22H21FN6O3. The van der Waals surface area contributed by atoms with Crippen molar-refractivity contribution in [3.8, 4) is 0 Å². The van der Waals surface area contributed by atoms with Gasteiger partial charge in [-0.05, 0) is 37.3 Å². The Kier molecular flexibility index (Phi) is 5.20. The summed E-state index contributed by atoms with van der Waals surface area (Å²) >= 11 is 0. The van der Waals surface area contributed by atoms with Crippen molar-refractivity contribution in [2.75, 3.05) is 41.9 Å². The largest absolute Gasteiger partial charge is 0.439 e. The van der Waals surface area contributed by atoms with E-state index in [1.54, 1.807) is 24.4 Å². The van der Waals surface area contributed by atoms with Crippen LogP contribution in [0.2, 0.25) is 0 Å². The zero-order valence-corrected chi connectivity index (χ0v) is 17.3. The summed E-state index contributed by atoms with van der Waals surface area (Å²) in [6.07, 6.45) is 1.62. The summed E-state index contributed by atoms with van der Waals surface area (Å²) in [5.41, 5.74) is 6.04. The average Bonchev–Trinajstić information content (AvgIpc) is 3.11. The Labute approximate surface area is 182 Å². The maximum absolute atomic E-state index is 14.3. The van der Waals surface area contributed by atoms with Gasteiger partial charge in [0.1, 0.15) is 11.3 Å². The Morgan fingerprint density at radius 1 is 1.12 bits per heavy atom. The summed E-state index contributed by atoms with van der Waals surface area (Å²) in [6, 6.07) is 11.8. The van der Waals surface area contributed by atoms with Crippen molar-refractivity contribution < 1.29 is 13.5 Å². The topological polar surface area (TPSA) is 97.5 Å². The molecule has 2 aromatic heterocycles. The number of nitrogens with zero attached hydrogens (tertiary/aromatic N) is 4. The fourth-order valence-corrected chi connectivity index (χ4v) is 3.57. The van der Waals surface area contributed by atoms with Crippen molar-refractivity contribution in [1.82, 2.24) is 14.6 Å². The third kappa shape index (κ3) is 4.00. The summed E-state index contributed by atoms with van der Waals surface area (Å²) in [5.74, 6) is -0.240. The van der Waals surface area contributed by atoms with Gasteiger partial charge < -0.3 is 19.4 Å². The number of anilines is 4. The number of morpholine rings is 1. The van der Waals surface area contributed by atoms with Gasteiger partial charge in [0.2, 0.25) is 5.95 Å². The van der Waals surface area contributed by atoms with E-state index in [1.807, 2.05) is 19.1 Å². The van der Waals surface area contributed by atoms with E-state index in [0.717, 1.165) is 11.3 Å². The lowest BCUT2D eigenvalue weighted by molar-refractivity contribution is 0.122. The van der Waals surface area contributed by atoms with Crippen molar-refractivity contribution in [2.24, 2.45) is 0 Å². The monoisotopic (exact) mass is 436 g/mol. The van der Waals surface area contributed by atoms with Crippen LogP contribution in [-0.4, -0.2) is 40.9 Å². The normalized spacial score (nSPS) is 14.0. The molecule has 5 rings (SSSR count). The molecule has 0 unspecified atom stereocenters. The molecule has 3 heterocycles. The molecule has 9 nitrogen and oxygen atoms in total. The van der Waals surface area contributed by atoms with Gasteiger partial charge in [-0.25, -0.2) is 14.2 Å². The molecule has 10 heteroatoms. The Balaban J connectivity index is 1.42. The van der Waals surface area contributed by atoms with E-state index < -0.39 is 5.76 Å². The van der Waals surface area contributed by atoms with Crippen LogP contribution in [0, 0.1) is 12.7 Å². The van der Waals surface area contributed by atoms with Crippen molar-refractivity contribution in [3.05, 3.63) is 70.6 Å². The minimum absolute atomic E-state index is 0.262. The Morgan fingerprint density at radius 3 is 2.78 bits per heavy atom. The second kappa shape index (κ2) is 8.31. The quantitative estimate of drug-likeness (QED) is 0.492. The van der Waals surface area contributed by atoms with Crippen molar-refractivity contribution in [1.29, 1.82) is 0 Å². The molecule has 4 aromatic rings. The third-order valence-electron chi connectivity index (χ3n) is 5.19. The van der Waals surface area contributed by atoms with Crippen LogP contribution in [0.1, 0.15) is 5.56 Å². The van der Waals surface area contributed by atoms with Gasteiger partial charge in [0.05, 0.1) is 13.2 Å². The molecule has 1 aliphatic rings. The molecule has 1 fully saturated rings. The number of aromatic nitrogens is 3. The van der Waals surface area contributed by atoms with Crippen molar-refractivity contribution in [3.63, 3.8) is 0 Å². The molecule has 164 valence electrons. The Bertz CT molecular complexity index is 1330. The van der Waals surface area contributed by atoms with Crippen LogP contribution in [0.5, 0.6) is 0 Å². The van der Waals surface area contributed by atoms with Gasteiger partial charge in [0.15, 0.2) is 11.4 Å². The maximum Gasteiger partial charge on any atom is 0.439 e. The Morgan fingerprint density at radius 2 is 1.94 bits per heavy atom. The number of ether oxygens (including phenoxy) is 1. The number of para-hydroxylation sites is 2. The first-order chi connectivity index (χ1) is 15.6. The van der Waals surface area contributed by atoms with Gasteiger partial charge in [-0.3, -0.25) is 5.43 Å². The highest BCUT2D eigenvalue weighted by molar-refractivity contribution is 5.73. The molecule has 0 saturated carbocycles. The standard InChI is InChI=1S/C22H21FN6O3/c1-14-13-24-21(25-16-10-15(23)11-17(12-16)28-6-8-31-9-7-28)26-20(14)27-29-18-4-2-3-5-19(18)32-22(29)30/h2-5,10-13H,6-9H2,1H3,(H2,24,25,26,27). The summed E-state index contributed by atoms with van der Waals surface area (Å²) in [6.45, 7) is 4.43. The van der Waals surface area contributed by atoms with E-state index in [2.05, 4.69) is 25.6 Å². The summed E-state index contributed by atoms with van der Waals surface area (Å²) in [5, 5.41) is 3.05. The van der Waals surface area contributed by atoms with Crippen LogP contribution in [0.25, 0.3) is 11.1 Å². The number of halogens is 1. The van der Waals surface area contributed by atoms with E-state index in [0.29, 0.717) is 48.9 Å². The summed E-state index contributed by atoms with van der Waals surface area (Å²) in [7, 11) is 0. The van der Waals surface area contributed by atoms with Crippen LogP contribution < -0.4 is 21.4 Å². The molecule has 1 saturated heterocycles. The minimum atomic E-state index is -0.556. The van der Waals surface area contributed by atoms with Gasteiger partial charge in [-0.15, -0.1) is 0 Å². The maximum atomic E-state index is 14.3. The minimum Gasteiger partial charge on any atom is -0.406 e. The lowest BCUT2D eigenvalue weighted by atomic mass is 10.2. The molecule has 2 aromatic carbocycles. The van der Waals surface area contributed by atoms with E-state index in [1.165, 1.54) is 16.8 Å². The van der Waals surface area contributed by atoms with Crippen molar-refractivity contribution in [2.45, 2.75) is 6.92 Å². The van der Waals surface area contributed by atoms with Crippen molar-refractivity contribution >= 4 is 34.2 Å². The summed E-state index contributed by atoms with van der Waals surface area (Å²) < 4.78 is 26.2. The fourth-order valence-electron chi connectivity index (χ4n) is 3.57. The molecule has 0 atom stereocenters. The van der Waals surface area contributed by atoms with Gasteiger partial charge in [0.25, 0.3) is 0 Å². The van der Waals surface area contributed by atoms with Crippen LogP contribution >= 0.6 is 0 Å². The first-order valence-corrected chi connectivity index (χ1v) is 10.2. The van der Waals surface area contributed by atoms with E-state index in [9.17, 15) is 9.18 Å². The molecule has 0 aliphatic carbocycles. The van der Waals surface area contributed by atoms with Crippen LogP contribution in [0.4, 0.5) is 27.5 Å². The van der Waals surface area contributed by atoms with Crippen LogP contribution in [0.3, 0.4) is 0 Å². The number of rotatable bonds is 5. The fraction of sp³-hybridized carbons (Fsp3) is 0.227. The average molecular weight is 436 g/mol. The first kappa shape index (κ1) is 20.0. The molecule has 0 radical (unpaired) electrons. The number of oxazole rings is 1. The lowest BCUT2D eigenvalue weighted by Crippen LogP contribution is -2.36. The first-order valence-electron chi connectivity index (χ1n) is 10.2. The number of aryl methyl sites for hydroxylation is 1. The van der Waals surface area contributed by atoms with Crippen LogP contribution in [-0.2, 0) is 4.74 Å². The number of hydrogen-bond acceptors (Lipinski definition) is 8. The smallest absolute Gasteiger partial charge is 0.406 e. The SMILES string of the molecule is Cc1cnc(Nc2cc(F)cc(N3CCOCC3)c2)nc1Nn1c(=O)oc2ccccc21. The van der Waals surface area contributed by atoms with Crippen LogP contribution in [0.15, 0.2) is 57.9 Å². The van der Waals surface area contributed by atoms with E-state index in [4.69, 9.17) is 9.15 Å². The highest BCUT2D eigenvalue weighted by atomic mass is 19.1. The van der Waals surface area contributed by atoms with Gasteiger partial charge in [-0.1, -0.05) is 12.1 Å². The second-order valence-electron chi connectivity index (χ2n) is 7.43. The molecular weight excluding hydrogens is 415 g/mol. The number of hydrogen-bond donors (Lipinski definition) is 2. The molecule has 0 bridgehead atoms. The number of fused-ring (bicyclic) bond motifs is 1. The van der Waals surface area contributed by atoms with Gasteiger partial charge in [0, 0.05) is 36.2 Å². The summed E-state index contributed by atoms with van der Waals surface area (Å²) in [4.78, 5) is 23.1. The molecule has 1 aliphatic heterocycles. The Hall–Kier alpha value is -3.92. The van der Waals surface area contributed by atoms with Gasteiger partial charge in [-0.2, -0.15) is 9.66 Å². The van der Waals surface area contributed by atoms with E-state index in [-0.39, 0.29) is 11.8 Å². The molecule has 32 heavy (non-hydrogen) atoms. The lowest BCUT2D eigenvalue weighted by Gasteiger charge is -2.29. The highest BCUT2D eigenvalue weighted by Crippen LogP contribution is 2.25.